The van der Waals surface area contributed by atoms with Gasteiger partial charge >= 0.3 is 0 Å². The van der Waals surface area contributed by atoms with Crippen LogP contribution < -0.4 is 4.74 Å². The third kappa shape index (κ3) is 5.03. The Morgan fingerprint density at radius 1 is 1.19 bits per heavy atom. The lowest BCUT2D eigenvalue weighted by Gasteiger charge is -2.25. The number of halogens is 2. The Balaban J connectivity index is 1.83. The number of hydrogen-bond acceptors (Lipinski definition) is 2. The zero-order valence-corrected chi connectivity index (χ0v) is 14.6. The molecule has 0 aromatic heterocycles. The summed E-state index contributed by atoms with van der Waals surface area (Å²) in [6.45, 7) is 3.70. The maximum atomic E-state index is 5.92. The van der Waals surface area contributed by atoms with Crippen molar-refractivity contribution in [2.75, 3.05) is 20.2 Å². The number of ether oxygens (including phenoxy) is 1. The molecule has 0 bridgehead atoms. The van der Waals surface area contributed by atoms with E-state index in [4.69, 9.17) is 16.3 Å². The minimum atomic E-state index is 0.327. The summed E-state index contributed by atoms with van der Waals surface area (Å²) < 4.78 is 6.80. The second kappa shape index (κ2) is 7.83. The molecular formula is C17H19BrClNO. The molecule has 1 atom stereocenters. The van der Waals surface area contributed by atoms with Crippen LogP contribution in [0.2, 0.25) is 5.02 Å². The number of hydrogen-bond donors (Lipinski definition) is 0. The third-order valence-electron chi connectivity index (χ3n) is 3.52. The molecule has 0 fully saturated rings. The highest BCUT2D eigenvalue weighted by Crippen LogP contribution is 2.21. The molecule has 0 heterocycles. The van der Waals surface area contributed by atoms with Crippen LogP contribution >= 0.6 is 27.5 Å². The molecule has 0 radical (unpaired) electrons. The van der Waals surface area contributed by atoms with Crippen LogP contribution in [0, 0.1) is 0 Å². The summed E-state index contributed by atoms with van der Waals surface area (Å²) in [6, 6.07) is 16.2. The second-order valence-electron chi connectivity index (χ2n) is 5.01. The number of rotatable bonds is 6. The average Bonchev–Trinajstić information content (AvgIpc) is 2.47. The monoisotopic (exact) mass is 367 g/mol. The SMILES string of the molecule is CC(c1ccc(Cl)cc1)N(C)CCOc1cccc(Br)c1. The molecule has 0 spiro atoms. The van der Waals surface area contributed by atoms with Gasteiger partial charge in [0.1, 0.15) is 12.4 Å². The van der Waals surface area contributed by atoms with Gasteiger partial charge in [-0.3, -0.25) is 4.90 Å². The normalized spacial score (nSPS) is 12.4. The van der Waals surface area contributed by atoms with Gasteiger partial charge in [0.05, 0.1) is 0 Å². The summed E-state index contributed by atoms with van der Waals surface area (Å²) >= 11 is 9.36. The fraction of sp³-hybridized carbons (Fsp3) is 0.294. The molecule has 2 rings (SSSR count). The Bertz CT molecular complexity index is 573. The summed E-state index contributed by atoms with van der Waals surface area (Å²) in [5, 5.41) is 0.770. The number of nitrogens with zero attached hydrogens (tertiary/aromatic N) is 1. The first-order valence-electron chi connectivity index (χ1n) is 6.90. The molecule has 0 aliphatic heterocycles. The van der Waals surface area contributed by atoms with Gasteiger partial charge in [0.15, 0.2) is 0 Å². The van der Waals surface area contributed by atoms with E-state index >= 15 is 0 Å². The molecule has 21 heavy (non-hydrogen) atoms. The summed E-state index contributed by atoms with van der Waals surface area (Å²) in [4.78, 5) is 2.27. The van der Waals surface area contributed by atoms with E-state index < -0.39 is 0 Å². The van der Waals surface area contributed by atoms with Gasteiger partial charge in [0.2, 0.25) is 0 Å². The van der Waals surface area contributed by atoms with Crippen LogP contribution in [0.1, 0.15) is 18.5 Å². The quantitative estimate of drug-likeness (QED) is 0.697. The molecule has 2 nitrogen and oxygen atoms in total. The van der Waals surface area contributed by atoms with Gasteiger partial charge in [0, 0.05) is 22.1 Å². The van der Waals surface area contributed by atoms with Crippen LogP contribution in [0.25, 0.3) is 0 Å². The molecule has 2 aromatic rings. The van der Waals surface area contributed by atoms with Gasteiger partial charge in [-0.2, -0.15) is 0 Å². The standard InChI is InChI=1S/C17H19BrClNO/c1-13(14-6-8-16(19)9-7-14)20(2)10-11-21-17-5-3-4-15(18)12-17/h3-9,12-13H,10-11H2,1-2H3. The van der Waals surface area contributed by atoms with Gasteiger partial charge < -0.3 is 4.74 Å². The van der Waals surface area contributed by atoms with Gasteiger partial charge in [0.25, 0.3) is 0 Å². The van der Waals surface area contributed by atoms with Crippen molar-refractivity contribution in [1.29, 1.82) is 0 Å². The maximum absolute atomic E-state index is 5.92. The minimum Gasteiger partial charge on any atom is -0.492 e. The molecular weight excluding hydrogens is 350 g/mol. The lowest BCUT2D eigenvalue weighted by Crippen LogP contribution is -2.27. The van der Waals surface area contributed by atoms with E-state index in [0.717, 1.165) is 21.8 Å². The number of benzene rings is 2. The highest BCUT2D eigenvalue weighted by molar-refractivity contribution is 9.10. The van der Waals surface area contributed by atoms with Crippen molar-refractivity contribution in [3.8, 4) is 5.75 Å². The largest absolute Gasteiger partial charge is 0.492 e. The van der Waals surface area contributed by atoms with Crippen molar-refractivity contribution < 1.29 is 4.74 Å². The predicted molar refractivity (Wildman–Crippen MR) is 92.1 cm³/mol. The smallest absolute Gasteiger partial charge is 0.120 e. The molecule has 1 unspecified atom stereocenters. The lowest BCUT2D eigenvalue weighted by molar-refractivity contribution is 0.201. The van der Waals surface area contributed by atoms with Crippen LogP contribution in [-0.4, -0.2) is 25.1 Å². The topological polar surface area (TPSA) is 12.5 Å². The van der Waals surface area contributed by atoms with E-state index in [-0.39, 0.29) is 0 Å². The lowest BCUT2D eigenvalue weighted by atomic mass is 10.1. The Morgan fingerprint density at radius 2 is 1.90 bits per heavy atom. The van der Waals surface area contributed by atoms with E-state index in [1.165, 1.54) is 5.56 Å². The van der Waals surface area contributed by atoms with Gasteiger partial charge in [-0.15, -0.1) is 0 Å². The third-order valence-corrected chi connectivity index (χ3v) is 4.27. The molecule has 4 heteroatoms. The molecule has 0 saturated heterocycles. The van der Waals surface area contributed by atoms with Gasteiger partial charge in [-0.05, 0) is 49.9 Å². The van der Waals surface area contributed by atoms with Crippen LogP contribution in [0.15, 0.2) is 53.0 Å². The van der Waals surface area contributed by atoms with Gasteiger partial charge in [-0.25, -0.2) is 0 Å². The molecule has 0 N–H and O–H groups in total. The van der Waals surface area contributed by atoms with Crippen molar-refractivity contribution in [3.05, 3.63) is 63.6 Å². The predicted octanol–water partition coefficient (Wildman–Crippen LogP) is 5.17. The fourth-order valence-electron chi connectivity index (χ4n) is 2.05. The Hall–Kier alpha value is -1.03. The average molecular weight is 369 g/mol. The molecule has 0 aliphatic rings. The zero-order valence-electron chi connectivity index (χ0n) is 12.2. The molecule has 0 aliphatic carbocycles. The van der Waals surface area contributed by atoms with E-state index in [1.807, 2.05) is 36.4 Å². The van der Waals surface area contributed by atoms with Crippen molar-refractivity contribution in [2.45, 2.75) is 13.0 Å². The van der Waals surface area contributed by atoms with E-state index in [2.05, 4.69) is 46.9 Å². The fourth-order valence-corrected chi connectivity index (χ4v) is 2.56. The highest BCUT2D eigenvalue weighted by Gasteiger charge is 2.11. The summed E-state index contributed by atoms with van der Waals surface area (Å²) in [7, 11) is 2.10. The van der Waals surface area contributed by atoms with Crippen molar-refractivity contribution in [1.82, 2.24) is 4.90 Å². The maximum Gasteiger partial charge on any atom is 0.120 e. The zero-order chi connectivity index (χ0) is 15.2. The summed E-state index contributed by atoms with van der Waals surface area (Å²) in [6.07, 6.45) is 0. The summed E-state index contributed by atoms with van der Waals surface area (Å²) in [5.41, 5.74) is 1.25. The van der Waals surface area contributed by atoms with Crippen LogP contribution in [0.5, 0.6) is 5.75 Å². The second-order valence-corrected chi connectivity index (χ2v) is 6.37. The molecule has 2 aromatic carbocycles. The molecule has 0 amide bonds. The Kier molecular flexibility index (Phi) is 6.09. The van der Waals surface area contributed by atoms with Crippen molar-refractivity contribution in [2.24, 2.45) is 0 Å². The van der Waals surface area contributed by atoms with Gasteiger partial charge in [-0.1, -0.05) is 45.7 Å². The Morgan fingerprint density at radius 3 is 2.57 bits per heavy atom. The first-order chi connectivity index (χ1) is 10.1. The van der Waals surface area contributed by atoms with E-state index in [1.54, 1.807) is 0 Å². The summed E-state index contributed by atoms with van der Waals surface area (Å²) in [5.74, 6) is 0.886. The van der Waals surface area contributed by atoms with Crippen molar-refractivity contribution in [3.63, 3.8) is 0 Å². The van der Waals surface area contributed by atoms with E-state index in [0.29, 0.717) is 12.6 Å². The minimum absolute atomic E-state index is 0.327. The van der Waals surface area contributed by atoms with Crippen molar-refractivity contribution >= 4 is 27.5 Å². The molecule has 0 saturated carbocycles. The van der Waals surface area contributed by atoms with Crippen LogP contribution in [0.3, 0.4) is 0 Å². The Labute approximate surface area is 139 Å². The van der Waals surface area contributed by atoms with Crippen LogP contribution in [0.4, 0.5) is 0 Å². The first-order valence-corrected chi connectivity index (χ1v) is 8.07. The number of likely N-dealkylation sites (N-methyl/N-ethyl adjacent to an activating group) is 1. The van der Waals surface area contributed by atoms with E-state index in [9.17, 15) is 0 Å². The van der Waals surface area contributed by atoms with Crippen LogP contribution in [-0.2, 0) is 0 Å². The molecule has 112 valence electrons. The highest BCUT2D eigenvalue weighted by atomic mass is 79.9. The first kappa shape index (κ1) is 16.3.